The van der Waals surface area contributed by atoms with Gasteiger partial charge in [0.05, 0.1) is 30.3 Å². The molecule has 0 radical (unpaired) electrons. The second kappa shape index (κ2) is 6.40. The Morgan fingerprint density at radius 2 is 2.22 bits per heavy atom. The molecule has 3 rings (SSSR count). The van der Waals surface area contributed by atoms with Crippen LogP contribution in [-0.4, -0.2) is 56.3 Å². The Labute approximate surface area is 135 Å². The number of H-pyrrole nitrogens is 1. The predicted molar refractivity (Wildman–Crippen MR) is 85.5 cm³/mol. The van der Waals surface area contributed by atoms with Crippen LogP contribution in [0.1, 0.15) is 37.1 Å². The van der Waals surface area contributed by atoms with Gasteiger partial charge in [-0.25, -0.2) is 13.4 Å². The molecule has 1 atom stereocenters. The molecule has 1 saturated heterocycles. The molecular formula is C14H22N6O2S. The van der Waals surface area contributed by atoms with Crippen LogP contribution in [0.15, 0.2) is 12.4 Å². The topological polar surface area (TPSA) is 96.8 Å². The largest absolute Gasteiger partial charge is 0.287 e. The van der Waals surface area contributed by atoms with Gasteiger partial charge in [-0.15, -0.1) is 0 Å². The van der Waals surface area contributed by atoms with E-state index in [1.54, 1.807) is 6.20 Å². The number of hydrogen-bond donors (Lipinski definition) is 1. The van der Waals surface area contributed by atoms with E-state index in [2.05, 4.69) is 25.2 Å². The summed E-state index contributed by atoms with van der Waals surface area (Å²) in [7, 11) is -3.03. The summed E-state index contributed by atoms with van der Waals surface area (Å²) >= 11 is 0. The van der Waals surface area contributed by atoms with Crippen LogP contribution in [0, 0.1) is 0 Å². The molecule has 1 aliphatic heterocycles. The highest BCUT2D eigenvalue weighted by Gasteiger charge is 2.33. The summed E-state index contributed by atoms with van der Waals surface area (Å²) < 4.78 is 26.0. The van der Waals surface area contributed by atoms with Crippen LogP contribution < -0.4 is 0 Å². The zero-order chi connectivity index (χ0) is 16.4. The molecule has 3 heterocycles. The van der Waals surface area contributed by atoms with Gasteiger partial charge in [-0.1, -0.05) is 6.92 Å². The highest BCUT2D eigenvalue weighted by atomic mass is 32.2. The van der Waals surface area contributed by atoms with Gasteiger partial charge >= 0.3 is 0 Å². The first-order valence-electron chi connectivity index (χ1n) is 7.87. The molecule has 126 valence electrons. The van der Waals surface area contributed by atoms with E-state index in [1.165, 1.54) is 0 Å². The number of aromatic nitrogens is 5. The second-order valence-corrected chi connectivity index (χ2v) is 8.01. The summed E-state index contributed by atoms with van der Waals surface area (Å²) in [5, 5.41) is 11.4. The Hall–Kier alpha value is -1.74. The van der Waals surface area contributed by atoms with Gasteiger partial charge in [-0.2, -0.15) is 10.2 Å². The summed E-state index contributed by atoms with van der Waals surface area (Å²) in [6.07, 6.45) is 4.47. The number of nitrogens with one attached hydrogen (secondary N) is 1. The van der Waals surface area contributed by atoms with Crippen molar-refractivity contribution in [1.82, 2.24) is 29.9 Å². The number of hydrogen-bond acceptors (Lipinski definition) is 6. The molecule has 1 fully saturated rings. The fraction of sp³-hybridized carbons (Fsp3) is 0.643. The lowest BCUT2D eigenvalue weighted by Gasteiger charge is -2.34. The van der Waals surface area contributed by atoms with Crippen molar-refractivity contribution in [2.45, 2.75) is 39.4 Å². The van der Waals surface area contributed by atoms with Crippen LogP contribution >= 0.6 is 0 Å². The van der Waals surface area contributed by atoms with Crippen LogP contribution in [0.5, 0.6) is 0 Å². The zero-order valence-electron chi connectivity index (χ0n) is 13.4. The molecule has 2 aromatic rings. The summed E-state index contributed by atoms with van der Waals surface area (Å²) in [6, 6.07) is -0.191. The fourth-order valence-electron chi connectivity index (χ4n) is 2.82. The molecule has 2 aromatic heterocycles. The Morgan fingerprint density at radius 3 is 2.87 bits per heavy atom. The molecule has 0 aromatic carbocycles. The summed E-state index contributed by atoms with van der Waals surface area (Å²) in [5.74, 6) is 1.85. The lowest BCUT2D eigenvalue weighted by molar-refractivity contribution is 0.201. The Bertz CT molecular complexity index is 766. The Kier molecular flexibility index (Phi) is 4.49. The normalized spacial score (nSPS) is 21.6. The molecule has 1 aliphatic rings. The summed E-state index contributed by atoms with van der Waals surface area (Å²) in [5.41, 5.74) is 0.936. The van der Waals surface area contributed by atoms with Gasteiger partial charge in [0, 0.05) is 31.3 Å². The van der Waals surface area contributed by atoms with Crippen molar-refractivity contribution in [3.63, 3.8) is 0 Å². The third-order valence-electron chi connectivity index (χ3n) is 4.15. The van der Waals surface area contributed by atoms with Gasteiger partial charge in [0.2, 0.25) is 0 Å². The van der Waals surface area contributed by atoms with E-state index in [0.29, 0.717) is 13.1 Å². The third kappa shape index (κ3) is 3.61. The standard InChI is InChI=1S/C14H22N6O2S/c1-3-13-16-14(18-17-13)9-19-5-6-23(21,22)10-12(19)11-7-15-20(4-2)8-11/h7-8,12H,3-6,9-10H2,1-2H3,(H,16,17,18)/t12-/m1/s1. The van der Waals surface area contributed by atoms with E-state index in [-0.39, 0.29) is 17.5 Å². The van der Waals surface area contributed by atoms with Crippen LogP contribution in [0.3, 0.4) is 0 Å². The molecule has 1 N–H and O–H groups in total. The molecule has 0 amide bonds. The van der Waals surface area contributed by atoms with E-state index in [4.69, 9.17) is 0 Å². The lowest BCUT2D eigenvalue weighted by Crippen LogP contribution is -2.42. The van der Waals surface area contributed by atoms with Gasteiger partial charge in [-0.3, -0.25) is 14.7 Å². The first-order chi connectivity index (χ1) is 11.0. The Morgan fingerprint density at radius 1 is 1.39 bits per heavy atom. The molecule has 0 bridgehead atoms. The van der Waals surface area contributed by atoms with Crippen molar-refractivity contribution < 1.29 is 8.42 Å². The molecule has 0 spiro atoms. The minimum atomic E-state index is -3.03. The summed E-state index contributed by atoms with van der Waals surface area (Å²) in [4.78, 5) is 6.57. The highest BCUT2D eigenvalue weighted by molar-refractivity contribution is 7.91. The van der Waals surface area contributed by atoms with Crippen LogP contribution in [0.4, 0.5) is 0 Å². The van der Waals surface area contributed by atoms with E-state index in [1.807, 2.05) is 24.7 Å². The molecule has 0 unspecified atom stereocenters. The van der Waals surface area contributed by atoms with Crippen molar-refractivity contribution in [2.24, 2.45) is 0 Å². The smallest absolute Gasteiger partial charge is 0.153 e. The van der Waals surface area contributed by atoms with Crippen LogP contribution in [-0.2, 0) is 29.3 Å². The Balaban J connectivity index is 1.83. The number of aromatic amines is 1. The van der Waals surface area contributed by atoms with Gasteiger partial charge < -0.3 is 0 Å². The van der Waals surface area contributed by atoms with Crippen LogP contribution in [0.2, 0.25) is 0 Å². The lowest BCUT2D eigenvalue weighted by atomic mass is 10.1. The van der Waals surface area contributed by atoms with Crippen molar-refractivity contribution in [3.8, 4) is 0 Å². The maximum Gasteiger partial charge on any atom is 0.153 e. The van der Waals surface area contributed by atoms with E-state index < -0.39 is 9.84 Å². The molecular weight excluding hydrogens is 316 g/mol. The first-order valence-corrected chi connectivity index (χ1v) is 9.70. The number of rotatable bonds is 5. The van der Waals surface area contributed by atoms with Gasteiger partial charge in [0.25, 0.3) is 0 Å². The fourth-order valence-corrected chi connectivity index (χ4v) is 4.38. The number of sulfone groups is 1. The molecule has 23 heavy (non-hydrogen) atoms. The maximum absolute atomic E-state index is 12.1. The minimum absolute atomic E-state index is 0.122. The average Bonchev–Trinajstić information content (AvgIpc) is 3.17. The third-order valence-corrected chi connectivity index (χ3v) is 5.78. The van der Waals surface area contributed by atoms with Crippen molar-refractivity contribution in [3.05, 3.63) is 29.6 Å². The second-order valence-electron chi connectivity index (χ2n) is 5.78. The number of aryl methyl sites for hydroxylation is 2. The minimum Gasteiger partial charge on any atom is -0.287 e. The van der Waals surface area contributed by atoms with Gasteiger partial charge in [0.1, 0.15) is 11.6 Å². The van der Waals surface area contributed by atoms with E-state index in [0.717, 1.165) is 30.2 Å². The zero-order valence-corrected chi connectivity index (χ0v) is 14.3. The van der Waals surface area contributed by atoms with Gasteiger partial charge in [-0.05, 0) is 6.92 Å². The van der Waals surface area contributed by atoms with Crippen molar-refractivity contribution >= 4 is 9.84 Å². The first kappa shape index (κ1) is 16.1. The van der Waals surface area contributed by atoms with Crippen LogP contribution in [0.25, 0.3) is 0 Å². The average molecular weight is 338 g/mol. The molecule has 9 heteroatoms. The predicted octanol–water partition coefficient (Wildman–Crippen LogP) is 0.555. The monoisotopic (exact) mass is 338 g/mol. The molecule has 0 aliphatic carbocycles. The molecule has 0 saturated carbocycles. The summed E-state index contributed by atoms with van der Waals surface area (Å²) in [6.45, 7) is 5.83. The highest BCUT2D eigenvalue weighted by Crippen LogP contribution is 2.27. The van der Waals surface area contributed by atoms with Crippen molar-refractivity contribution in [1.29, 1.82) is 0 Å². The number of nitrogens with zero attached hydrogens (tertiary/aromatic N) is 5. The van der Waals surface area contributed by atoms with Gasteiger partial charge in [0.15, 0.2) is 9.84 Å². The quantitative estimate of drug-likeness (QED) is 0.855. The van der Waals surface area contributed by atoms with E-state index in [9.17, 15) is 8.42 Å². The molecule has 8 nitrogen and oxygen atoms in total. The van der Waals surface area contributed by atoms with Crippen molar-refractivity contribution in [2.75, 3.05) is 18.1 Å². The maximum atomic E-state index is 12.1. The SMILES string of the molecule is CCc1n[nH]c(CN2CCS(=O)(=O)C[C@@H]2c2cnn(CC)c2)n1. The van der Waals surface area contributed by atoms with E-state index >= 15 is 0 Å².